The summed E-state index contributed by atoms with van der Waals surface area (Å²) in [5.74, 6) is -0.209. The lowest BCUT2D eigenvalue weighted by Crippen LogP contribution is -2.49. The first-order chi connectivity index (χ1) is 7.46. The van der Waals surface area contributed by atoms with Crippen LogP contribution in [0.1, 0.15) is 26.2 Å². The van der Waals surface area contributed by atoms with Gasteiger partial charge in [0.2, 0.25) is 0 Å². The molecule has 3 rings (SSSR count). The van der Waals surface area contributed by atoms with Gasteiger partial charge in [0.05, 0.1) is 13.2 Å². The van der Waals surface area contributed by atoms with E-state index in [-0.39, 0.29) is 11.9 Å². The molecule has 0 aromatic heterocycles. The highest BCUT2D eigenvalue weighted by Crippen LogP contribution is 2.57. The van der Waals surface area contributed by atoms with E-state index in [1.54, 1.807) is 0 Å². The van der Waals surface area contributed by atoms with Gasteiger partial charge in [-0.15, -0.1) is 11.6 Å². The minimum absolute atomic E-state index is 0.0754. The standard InChI is InChI=1S/C12H14ClNO2/c1-11-4-3-8(5-12(11,13)7-14)9(6-11)10(15)16-2/h6,8H,3-5H2,1-2H3/t8-,11-,12?/m1/s1. The molecule has 0 saturated heterocycles. The van der Waals surface area contributed by atoms with Gasteiger partial charge in [-0.25, -0.2) is 4.79 Å². The number of ether oxygens (including phenoxy) is 1. The lowest BCUT2D eigenvalue weighted by molar-refractivity contribution is -0.137. The molecule has 0 N–H and O–H groups in total. The van der Waals surface area contributed by atoms with E-state index < -0.39 is 10.3 Å². The van der Waals surface area contributed by atoms with E-state index in [0.29, 0.717) is 12.0 Å². The van der Waals surface area contributed by atoms with E-state index in [1.165, 1.54) is 7.11 Å². The van der Waals surface area contributed by atoms with Gasteiger partial charge in [-0.3, -0.25) is 0 Å². The van der Waals surface area contributed by atoms with Crippen molar-refractivity contribution >= 4 is 17.6 Å². The minimum Gasteiger partial charge on any atom is -0.466 e. The number of halogens is 1. The first-order valence-corrected chi connectivity index (χ1v) is 5.75. The Kier molecular flexibility index (Phi) is 2.51. The van der Waals surface area contributed by atoms with E-state index >= 15 is 0 Å². The second kappa shape index (κ2) is 3.49. The molecule has 0 aliphatic heterocycles. The van der Waals surface area contributed by atoms with Crippen molar-refractivity contribution in [3.8, 4) is 6.07 Å². The molecule has 0 aromatic rings. The number of nitriles is 1. The number of carbonyl (C=O) groups excluding carboxylic acids is 1. The predicted octanol–water partition coefficient (Wildman–Crippen LogP) is 2.41. The van der Waals surface area contributed by atoms with Crippen LogP contribution in [-0.2, 0) is 9.53 Å². The SMILES string of the molecule is COC(=O)C1=C[C@@]2(C)CC[C@@H]1CC2(Cl)C#N. The zero-order chi connectivity index (χ0) is 12.0. The Balaban J connectivity index is 2.44. The molecule has 0 spiro atoms. The molecular formula is C12H14ClNO2. The Morgan fingerprint density at radius 3 is 2.94 bits per heavy atom. The van der Waals surface area contributed by atoms with Gasteiger partial charge in [-0.2, -0.15) is 5.26 Å². The van der Waals surface area contributed by atoms with Crippen LogP contribution in [0.3, 0.4) is 0 Å². The maximum absolute atomic E-state index is 11.6. The van der Waals surface area contributed by atoms with Crippen molar-refractivity contribution < 1.29 is 9.53 Å². The highest BCUT2D eigenvalue weighted by Gasteiger charge is 2.55. The second-order valence-corrected chi connectivity index (χ2v) is 5.51. The van der Waals surface area contributed by atoms with Crippen molar-refractivity contribution in [2.75, 3.05) is 7.11 Å². The Hall–Kier alpha value is -1.01. The molecule has 3 aliphatic rings. The number of hydrogen-bond acceptors (Lipinski definition) is 3. The fourth-order valence-electron chi connectivity index (χ4n) is 2.78. The third-order valence-electron chi connectivity index (χ3n) is 3.96. The van der Waals surface area contributed by atoms with Gasteiger partial charge in [0, 0.05) is 11.0 Å². The molecule has 4 heteroatoms. The summed E-state index contributed by atoms with van der Waals surface area (Å²) in [6, 6.07) is 2.20. The van der Waals surface area contributed by atoms with Crippen LogP contribution in [0.25, 0.3) is 0 Å². The highest BCUT2D eigenvalue weighted by molar-refractivity contribution is 6.27. The van der Waals surface area contributed by atoms with Crippen molar-refractivity contribution in [3.63, 3.8) is 0 Å². The zero-order valence-corrected chi connectivity index (χ0v) is 10.2. The quantitative estimate of drug-likeness (QED) is 0.522. The number of methoxy groups -OCH3 is 1. The Morgan fingerprint density at radius 2 is 2.44 bits per heavy atom. The maximum atomic E-state index is 11.6. The lowest BCUT2D eigenvalue weighted by atomic mass is 9.57. The largest absolute Gasteiger partial charge is 0.466 e. The summed E-state index contributed by atoms with van der Waals surface area (Å²) in [7, 11) is 1.38. The molecule has 2 bridgehead atoms. The molecule has 1 fully saturated rings. The van der Waals surface area contributed by atoms with Gasteiger partial charge in [-0.05, 0) is 25.2 Å². The van der Waals surface area contributed by atoms with Gasteiger partial charge < -0.3 is 4.74 Å². The van der Waals surface area contributed by atoms with Gasteiger partial charge in [0.15, 0.2) is 0 Å². The molecule has 0 radical (unpaired) electrons. The summed E-state index contributed by atoms with van der Waals surface area (Å²) in [4.78, 5) is 10.7. The number of rotatable bonds is 1. The lowest BCUT2D eigenvalue weighted by Gasteiger charge is -2.49. The summed E-state index contributed by atoms with van der Waals surface area (Å²) >= 11 is 6.35. The number of allylic oxidation sites excluding steroid dienone is 1. The summed E-state index contributed by atoms with van der Waals surface area (Å²) < 4.78 is 4.76. The van der Waals surface area contributed by atoms with Crippen molar-refractivity contribution in [1.82, 2.24) is 0 Å². The van der Waals surface area contributed by atoms with Crippen LogP contribution in [-0.4, -0.2) is 18.0 Å². The number of alkyl halides is 1. The van der Waals surface area contributed by atoms with Gasteiger partial charge >= 0.3 is 5.97 Å². The van der Waals surface area contributed by atoms with E-state index in [9.17, 15) is 10.1 Å². The number of nitrogens with zero attached hydrogens (tertiary/aromatic N) is 1. The van der Waals surface area contributed by atoms with Crippen LogP contribution >= 0.6 is 11.6 Å². The monoisotopic (exact) mass is 239 g/mol. The number of fused-ring (bicyclic) bond motifs is 2. The average Bonchev–Trinajstić information content (AvgIpc) is 2.29. The van der Waals surface area contributed by atoms with Crippen LogP contribution in [0.2, 0.25) is 0 Å². The molecule has 16 heavy (non-hydrogen) atoms. The van der Waals surface area contributed by atoms with Crippen LogP contribution < -0.4 is 0 Å². The van der Waals surface area contributed by atoms with Crippen molar-refractivity contribution in [2.24, 2.45) is 11.3 Å². The molecule has 0 heterocycles. The van der Waals surface area contributed by atoms with Crippen LogP contribution in [0, 0.1) is 22.7 Å². The molecule has 3 nitrogen and oxygen atoms in total. The van der Waals surface area contributed by atoms with E-state index in [1.807, 2.05) is 13.0 Å². The molecule has 86 valence electrons. The number of esters is 1. The normalized spacial score (nSPS) is 41.1. The summed E-state index contributed by atoms with van der Waals surface area (Å²) in [5, 5.41) is 9.19. The Labute approximate surface area is 100 Å². The number of carbonyl (C=O) groups is 1. The van der Waals surface area contributed by atoms with Crippen molar-refractivity contribution in [3.05, 3.63) is 11.6 Å². The fourth-order valence-corrected chi connectivity index (χ4v) is 3.11. The zero-order valence-electron chi connectivity index (χ0n) is 9.42. The topological polar surface area (TPSA) is 50.1 Å². The third kappa shape index (κ3) is 1.36. The summed E-state index contributed by atoms with van der Waals surface area (Å²) in [6.07, 6.45) is 4.16. The molecule has 1 unspecified atom stereocenters. The minimum atomic E-state index is -0.868. The smallest absolute Gasteiger partial charge is 0.333 e. The van der Waals surface area contributed by atoms with E-state index in [4.69, 9.17) is 16.3 Å². The number of hydrogen-bond donors (Lipinski definition) is 0. The van der Waals surface area contributed by atoms with Gasteiger partial charge in [0.25, 0.3) is 0 Å². The Morgan fingerprint density at radius 1 is 1.75 bits per heavy atom. The predicted molar refractivity (Wildman–Crippen MR) is 59.7 cm³/mol. The van der Waals surface area contributed by atoms with Crippen molar-refractivity contribution in [1.29, 1.82) is 5.26 Å². The van der Waals surface area contributed by atoms with Crippen LogP contribution in [0.15, 0.2) is 11.6 Å². The maximum Gasteiger partial charge on any atom is 0.333 e. The van der Waals surface area contributed by atoms with Crippen LogP contribution in [0.5, 0.6) is 0 Å². The first kappa shape index (κ1) is 11.5. The highest BCUT2D eigenvalue weighted by atomic mass is 35.5. The molecule has 3 aliphatic carbocycles. The van der Waals surface area contributed by atoms with Gasteiger partial charge in [0.1, 0.15) is 4.87 Å². The van der Waals surface area contributed by atoms with E-state index in [0.717, 1.165) is 12.8 Å². The first-order valence-electron chi connectivity index (χ1n) is 5.37. The Bertz CT molecular complexity index is 412. The fraction of sp³-hybridized carbons (Fsp3) is 0.667. The molecular weight excluding hydrogens is 226 g/mol. The van der Waals surface area contributed by atoms with E-state index in [2.05, 4.69) is 6.07 Å². The van der Waals surface area contributed by atoms with Crippen LogP contribution in [0.4, 0.5) is 0 Å². The molecule has 0 amide bonds. The molecule has 1 saturated carbocycles. The third-order valence-corrected chi connectivity index (χ3v) is 4.63. The van der Waals surface area contributed by atoms with Crippen molar-refractivity contribution in [2.45, 2.75) is 31.1 Å². The summed E-state index contributed by atoms with van der Waals surface area (Å²) in [5.41, 5.74) is 0.282. The summed E-state index contributed by atoms with van der Waals surface area (Å²) in [6.45, 7) is 1.95. The van der Waals surface area contributed by atoms with Gasteiger partial charge in [-0.1, -0.05) is 13.0 Å². The molecule has 0 aromatic carbocycles. The molecule has 3 atom stereocenters. The second-order valence-electron chi connectivity index (χ2n) is 4.86. The average molecular weight is 240 g/mol.